The van der Waals surface area contributed by atoms with Crippen molar-refractivity contribution in [3.63, 3.8) is 0 Å². The van der Waals surface area contributed by atoms with Gasteiger partial charge in [0.2, 0.25) is 0 Å². The van der Waals surface area contributed by atoms with E-state index in [1.807, 2.05) is 0 Å². The van der Waals surface area contributed by atoms with Crippen LogP contribution in [0.1, 0.15) is 66.2 Å². The molecule has 0 heterocycles. The van der Waals surface area contributed by atoms with Crippen LogP contribution in [0.25, 0.3) is 0 Å². The fraction of sp³-hybridized carbons (Fsp3) is 1.00. The van der Waals surface area contributed by atoms with E-state index < -0.39 is 8.24 Å². The summed E-state index contributed by atoms with van der Waals surface area (Å²) in [5.41, 5.74) is 1.28. The second kappa shape index (κ2) is 5.37. The third-order valence-corrected chi connectivity index (χ3v) is 10.9. The van der Waals surface area contributed by atoms with Gasteiger partial charge < -0.3 is 4.98 Å². The van der Waals surface area contributed by atoms with Crippen molar-refractivity contribution in [1.82, 2.24) is 4.98 Å². The number of hydrogen-bond donors (Lipinski definition) is 1. The number of fused-ring (bicyclic) bond motifs is 2. The quantitative estimate of drug-likeness (QED) is 0.671. The molecule has 2 heteroatoms. The summed E-state index contributed by atoms with van der Waals surface area (Å²) in [7, 11) is -1.37. The standard InChI is InChI=1S/C19H37NSi/c1-13-10-16-11-14-8-7-9-15(14)12-17(16)18(13)21(5,6)20-19(2,3)4/h13-18,20H,7-12H2,1-6H3/t13?,14-,15+,16+,17-,18-/m0/s1. The van der Waals surface area contributed by atoms with E-state index in [2.05, 4.69) is 45.8 Å². The minimum absolute atomic E-state index is 0.276. The van der Waals surface area contributed by atoms with Crippen molar-refractivity contribution in [2.75, 3.05) is 0 Å². The summed E-state index contributed by atoms with van der Waals surface area (Å²) in [5.74, 6) is 5.28. The summed E-state index contributed by atoms with van der Waals surface area (Å²) in [6, 6.07) is 0. The maximum absolute atomic E-state index is 4.10. The van der Waals surface area contributed by atoms with Crippen molar-refractivity contribution in [3.05, 3.63) is 0 Å². The monoisotopic (exact) mass is 307 g/mol. The molecule has 0 aromatic heterocycles. The highest BCUT2D eigenvalue weighted by atomic mass is 28.3. The summed E-state index contributed by atoms with van der Waals surface area (Å²) in [6.07, 6.45) is 9.30. The van der Waals surface area contributed by atoms with E-state index in [-0.39, 0.29) is 5.54 Å². The average molecular weight is 308 g/mol. The Bertz CT molecular complexity index is 384. The van der Waals surface area contributed by atoms with Gasteiger partial charge in [0, 0.05) is 5.54 Å². The largest absolute Gasteiger partial charge is 0.332 e. The molecule has 1 nitrogen and oxygen atoms in total. The van der Waals surface area contributed by atoms with E-state index in [1.165, 1.54) is 12.8 Å². The van der Waals surface area contributed by atoms with Crippen LogP contribution in [0.4, 0.5) is 0 Å². The van der Waals surface area contributed by atoms with E-state index in [0.29, 0.717) is 0 Å². The third kappa shape index (κ3) is 3.13. The first kappa shape index (κ1) is 16.0. The first-order chi connectivity index (χ1) is 9.67. The zero-order valence-electron chi connectivity index (χ0n) is 15.2. The summed E-state index contributed by atoms with van der Waals surface area (Å²) >= 11 is 0. The second-order valence-electron chi connectivity index (χ2n) is 10.2. The van der Waals surface area contributed by atoms with Gasteiger partial charge in [-0.2, -0.15) is 0 Å². The molecular weight excluding hydrogens is 270 g/mol. The molecule has 3 fully saturated rings. The lowest BCUT2D eigenvalue weighted by molar-refractivity contribution is 0.155. The fourth-order valence-corrected chi connectivity index (χ4v) is 12.0. The molecule has 3 aliphatic carbocycles. The van der Waals surface area contributed by atoms with Crippen molar-refractivity contribution >= 4 is 8.24 Å². The summed E-state index contributed by atoms with van der Waals surface area (Å²) in [6.45, 7) is 14.9. The molecule has 0 aromatic carbocycles. The predicted molar refractivity (Wildman–Crippen MR) is 94.9 cm³/mol. The predicted octanol–water partition coefficient (Wildman–Crippen LogP) is 5.43. The highest BCUT2D eigenvalue weighted by molar-refractivity contribution is 6.76. The number of hydrogen-bond acceptors (Lipinski definition) is 1. The summed E-state index contributed by atoms with van der Waals surface area (Å²) in [5, 5.41) is 0. The summed E-state index contributed by atoms with van der Waals surface area (Å²) < 4.78 is 0. The highest BCUT2D eigenvalue weighted by Gasteiger charge is 2.53. The topological polar surface area (TPSA) is 12.0 Å². The van der Waals surface area contributed by atoms with Crippen molar-refractivity contribution in [2.45, 2.75) is 90.4 Å². The third-order valence-electron chi connectivity index (χ3n) is 6.88. The van der Waals surface area contributed by atoms with Gasteiger partial charge in [-0.3, -0.25) is 0 Å². The summed E-state index contributed by atoms with van der Waals surface area (Å²) in [4.78, 5) is 4.10. The van der Waals surface area contributed by atoms with Gasteiger partial charge in [0.25, 0.3) is 0 Å². The average Bonchev–Trinajstić information content (AvgIpc) is 2.83. The van der Waals surface area contributed by atoms with Crippen LogP contribution in [0.3, 0.4) is 0 Å². The molecular formula is C19H37NSi. The molecule has 0 saturated heterocycles. The van der Waals surface area contributed by atoms with Crippen LogP contribution in [0.2, 0.25) is 18.6 Å². The Labute approximate surface area is 133 Å². The Balaban J connectivity index is 1.78. The Kier molecular flexibility index (Phi) is 4.10. The highest BCUT2D eigenvalue weighted by Crippen LogP contribution is 2.60. The van der Waals surface area contributed by atoms with E-state index in [1.54, 1.807) is 25.7 Å². The molecule has 122 valence electrons. The van der Waals surface area contributed by atoms with E-state index in [9.17, 15) is 0 Å². The molecule has 1 N–H and O–H groups in total. The zero-order chi connectivity index (χ0) is 15.4. The molecule has 0 bridgehead atoms. The maximum Gasteiger partial charge on any atom is 0.123 e. The first-order valence-corrected chi connectivity index (χ1v) is 12.5. The van der Waals surface area contributed by atoms with Gasteiger partial charge in [-0.1, -0.05) is 39.3 Å². The van der Waals surface area contributed by atoms with Crippen LogP contribution in [-0.4, -0.2) is 13.8 Å². The zero-order valence-corrected chi connectivity index (χ0v) is 16.2. The van der Waals surface area contributed by atoms with Crippen molar-refractivity contribution in [3.8, 4) is 0 Å². The van der Waals surface area contributed by atoms with E-state index in [4.69, 9.17) is 0 Å². The molecule has 3 saturated carbocycles. The SMILES string of the molecule is CC1C[C@@H]2C[C@@H]3CCC[C@@H]3C[C@@H]2[C@H]1[Si](C)(C)NC(C)(C)C. The van der Waals surface area contributed by atoms with E-state index >= 15 is 0 Å². The molecule has 3 aliphatic rings. The Morgan fingerprint density at radius 3 is 2.14 bits per heavy atom. The molecule has 6 atom stereocenters. The van der Waals surface area contributed by atoms with Gasteiger partial charge in [0.1, 0.15) is 8.24 Å². The van der Waals surface area contributed by atoms with Crippen LogP contribution >= 0.6 is 0 Å². The van der Waals surface area contributed by atoms with Crippen molar-refractivity contribution in [1.29, 1.82) is 0 Å². The molecule has 0 radical (unpaired) electrons. The lowest BCUT2D eigenvalue weighted by Crippen LogP contribution is -2.59. The normalized spacial score (nSPS) is 43.7. The first-order valence-electron chi connectivity index (χ1n) is 9.47. The van der Waals surface area contributed by atoms with Gasteiger partial charge in [-0.15, -0.1) is 0 Å². The van der Waals surface area contributed by atoms with Crippen LogP contribution in [0.5, 0.6) is 0 Å². The molecule has 0 aromatic rings. The van der Waals surface area contributed by atoms with Crippen LogP contribution in [0, 0.1) is 29.6 Å². The Morgan fingerprint density at radius 2 is 1.52 bits per heavy atom. The number of nitrogens with one attached hydrogen (secondary N) is 1. The molecule has 21 heavy (non-hydrogen) atoms. The van der Waals surface area contributed by atoms with Gasteiger partial charge in [0.15, 0.2) is 0 Å². The van der Waals surface area contributed by atoms with Gasteiger partial charge >= 0.3 is 0 Å². The van der Waals surface area contributed by atoms with Crippen molar-refractivity contribution < 1.29 is 0 Å². The minimum atomic E-state index is -1.37. The van der Waals surface area contributed by atoms with Crippen molar-refractivity contribution in [2.24, 2.45) is 29.6 Å². The Hall–Kier alpha value is 0.177. The number of rotatable bonds is 2. The van der Waals surface area contributed by atoms with Gasteiger partial charge in [-0.05, 0) is 75.2 Å². The lowest BCUT2D eigenvalue weighted by Gasteiger charge is -2.45. The minimum Gasteiger partial charge on any atom is -0.332 e. The molecule has 0 spiro atoms. The molecule has 3 rings (SSSR count). The van der Waals surface area contributed by atoms with Gasteiger partial charge in [-0.25, -0.2) is 0 Å². The lowest BCUT2D eigenvalue weighted by atomic mass is 9.71. The van der Waals surface area contributed by atoms with Gasteiger partial charge in [0.05, 0.1) is 0 Å². The second-order valence-corrected chi connectivity index (χ2v) is 14.5. The Morgan fingerprint density at radius 1 is 0.905 bits per heavy atom. The maximum atomic E-state index is 4.10. The molecule has 0 amide bonds. The van der Waals surface area contributed by atoms with E-state index in [0.717, 1.165) is 35.1 Å². The molecule has 1 unspecified atom stereocenters. The fourth-order valence-electron chi connectivity index (χ4n) is 6.89. The van der Waals surface area contributed by atoms with Crippen LogP contribution in [-0.2, 0) is 0 Å². The van der Waals surface area contributed by atoms with Crippen LogP contribution in [0.15, 0.2) is 0 Å². The molecule has 0 aliphatic heterocycles. The van der Waals surface area contributed by atoms with Crippen LogP contribution < -0.4 is 4.98 Å². The smallest absolute Gasteiger partial charge is 0.123 e.